The van der Waals surface area contributed by atoms with E-state index in [0.717, 1.165) is 29.9 Å². The van der Waals surface area contributed by atoms with E-state index in [1.807, 2.05) is 54.6 Å². The first-order valence-corrected chi connectivity index (χ1v) is 7.30. The fourth-order valence-corrected chi connectivity index (χ4v) is 1.97. The Morgan fingerprint density at radius 2 is 1.71 bits per heavy atom. The van der Waals surface area contributed by atoms with Crippen molar-refractivity contribution in [1.29, 1.82) is 0 Å². The van der Waals surface area contributed by atoms with Crippen molar-refractivity contribution in [1.82, 2.24) is 5.32 Å². The van der Waals surface area contributed by atoms with Gasteiger partial charge in [0.25, 0.3) is 0 Å². The minimum Gasteiger partial charge on any atom is -0.494 e. The van der Waals surface area contributed by atoms with Gasteiger partial charge < -0.3 is 10.1 Å². The summed E-state index contributed by atoms with van der Waals surface area (Å²) < 4.78 is 5.53. The summed E-state index contributed by atoms with van der Waals surface area (Å²) in [7, 11) is 0. The van der Waals surface area contributed by atoms with Crippen molar-refractivity contribution >= 4 is 5.91 Å². The van der Waals surface area contributed by atoms with E-state index in [-0.39, 0.29) is 5.91 Å². The second-order valence-corrected chi connectivity index (χ2v) is 4.93. The average molecular weight is 283 g/mol. The van der Waals surface area contributed by atoms with Crippen LogP contribution in [0.15, 0.2) is 54.6 Å². The molecule has 21 heavy (non-hydrogen) atoms. The van der Waals surface area contributed by atoms with Gasteiger partial charge >= 0.3 is 0 Å². The molecule has 0 spiro atoms. The Morgan fingerprint density at radius 1 is 1.00 bits per heavy atom. The lowest BCUT2D eigenvalue weighted by Crippen LogP contribution is -2.24. The number of amides is 1. The fraction of sp³-hybridized carbons (Fsp3) is 0.278. The molecule has 0 aromatic heterocycles. The number of ether oxygens (including phenoxy) is 1. The summed E-state index contributed by atoms with van der Waals surface area (Å²) in [6.07, 6.45) is 1.41. The normalized spacial score (nSPS) is 10.1. The van der Waals surface area contributed by atoms with E-state index in [2.05, 4.69) is 12.2 Å². The molecule has 0 aliphatic rings. The fourth-order valence-electron chi connectivity index (χ4n) is 1.97. The van der Waals surface area contributed by atoms with E-state index < -0.39 is 0 Å². The molecule has 2 aromatic carbocycles. The van der Waals surface area contributed by atoms with Gasteiger partial charge in [0.15, 0.2) is 0 Å². The highest BCUT2D eigenvalue weighted by Crippen LogP contribution is 2.12. The third kappa shape index (κ3) is 5.30. The molecule has 0 bridgehead atoms. The SMILES string of the molecule is CCCOc1ccc(CNC(=O)Cc2ccccc2)cc1. The summed E-state index contributed by atoms with van der Waals surface area (Å²) in [6.45, 7) is 3.35. The highest BCUT2D eigenvalue weighted by molar-refractivity contribution is 5.78. The van der Waals surface area contributed by atoms with E-state index in [1.165, 1.54) is 0 Å². The van der Waals surface area contributed by atoms with E-state index in [1.54, 1.807) is 0 Å². The Kier molecular flexibility index (Phi) is 5.83. The number of nitrogens with one attached hydrogen (secondary N) is 1. The second-order valence-electron chi connectivity index (χ2n) is 4.93. The zero-order valence-electron chi connectivity index (χ0n) is 12.3. The molecule has 3 nitrogen and oxygen atoms in total. The molecule has 0 atom stereocenters. The molecule has 0 radical (unpaired) electrons. The highest BCUT2D eigenvalue weighted by Gasteiger charge is 2.03. The van der Waals surface area contributed by atoms with Gasteiger partial charge in [-0.15, -0.1) is 0 Å². The van der Waals surface area contributed by atoms with Crippen LogP contribution in [0.2, 0.25) is 0 Å². The van der Waals surface area contributed by atoms with Crippen molar-refractivity contribution < 1.29 is 9.53 Å². The lowest BCUT2D eigenvalue weighted by molar-refractivity contribution is -0.120. The van der Waals surface area contributed by atoms with Gasteiger partial charge in [0.2, 0.25) is 5.91 Å². The number of rotatable bonds is 7. The summed E-state index contributed by atoms with van der Waals surface area (Å²) in [4.78, 5) is 11.9. The maximum atomic E-state index is 11.9. The summed E-state index contributed by atoms with van der Waals surface area (Å²) in [5.74, 6) is 0.906. The van der Waals surface area contributed by atoms with Gasteiger partial charge in [0.05, 0.1) is 13.0 Å². The predicted molar refractivity (Wildman–Crippen MR) is 84.2 cm³/mol. The van der Waals surface area contributed by atoms with Crippen LogP contribution in [-0.2, 0) is 17.8 Å². The zero-order chi connectivity index (χ0) is 14.9. The molecule has 3 heteroatoms. The summed E-state index contributed by atoms with van der Waals surface area (Å²) in [5, 5.41) is 2.93. The monoisotopic (exact) mass is 283 g/mol. The van der Waals surface area contributed by atoms with Crippen LogP contribution < -0.4 is 10.1 Å². The van der Waals surface area contributed by atoms with Gasteiger partial charge in [-0.25, -0.2) is 0 Å². The van der Waals surface area contributed by atoms with E-state index in [9.17, 15) is 4.79 Å². The van der Waals surface area contributed by atoms with Crippen molar-refractivity contribution in [3.05, 3.63) is 65.7 Å². The minimum absolute atomic E-state index is 0.0347. The first kappa shape index (κ1) is 15.1. The van der Waals surface area contributed by atoms with Crippen molar-refractivity contribution in [2.75, 3.05) is 6.61 Å². The molecule has 2 aromatic rings. The number of hydrogen-bond acceptors (Lipinski definition) is 2. The zero-order valence-corrected chi connectivity index (χ0v) is 12.3. The van der Waals surface area contributed by atoms with Gasteiger partial charge in [0, 0.05) is 6.54 Å². The van der Waals surface area contributed by atoms with Gasteiger partial charge in [-0.2, -0.15) is 0 Å². The van der Waals surface area contributed by atoms with Gasteiger partial charge in [-0.05, 0) is 29.7 Å². The quantitative estimate of drug-likeness (QED) is 0.846. The Hall–Kier alpha value is -2.29. The average Bonchev–Trinajstić information content (AvgIpc) is 2.53. The van der Waals surface area contributed by atoms with E-state index >= 15 is 0 Å². The Bertz CT molecular complexity index is 549. The topological polar surface area (TPSA) is 38.3 Å². The molecule has 1 amide bonds. The third-order valence-electron chi connectivity index (χ3n) is 3.09. The predicted octanol–water partition coefficient (Wildman–Crippen LogP) is 3.33. The number of carbonyl (C=O) groups excluding carboxylic acids is 1. The maximum absolute atomic E-state index is 11.9. The summed E-state index contributed by atoms with van der Waals surface area (Å²) >= 11 is 0. The molecule has 0 aliphatic carbocycles. The van der Waals surface area contributed by atoms with Crippen LogP contribution in [0.5, 0.6) is 5.75 Å². The van der Waals surface area contributed by atoms with E-state index in [0.29, 0.717) is 13.0 Å². The minimum atomic E-state index is 0.0347. The van der Waals surface area contributed by atoms with Crippen molar-refractivity contribution in [2.24, 2.45) is 0 Å². The summed E-state index contributed by atoms with van der Waals surface area (Å²) in [5.41, 5.74) is 2.10. The molecule has 1 N–H and O–H groups in total. The highest BCUT2D eigenvalue weighted by atomic mass is 16.5. The van der Waals surface area contributed by atoms with E-state index in [4.69, 9.17) is 4.74 Å². The first-order valence-electron chi connectivity index (χ1n) is 7.30. The van der Waals surface area contributed by atoms with Crippen LogP contribution in [0.3, 0.4) is 0 Å². The number of benzene rings is 2. The molecular weight excluding hydrogens is 262 g/mol. The summed E-state index contributed by atoms with van der Waals surface area (Å²) in [6, 6.07) is 17.6. The van der Waals surface area contributed by atoms with Gasteiger partial charge in [0.1, 0.15) is 5.75 Å². The van der Waals surface area contributed by atoms with Crippen LogP contribution in [0.4, 0.5) is 0 Å². The second kappa shape index (κ2) is 8.10. The van der Waals surface area contributed by atoms with Crippen LogP contribution in [0, 0.1) is 0 Å². The first-order chi connectivity index (χ1) is 10.3. The van der Waals surface area contributed by atoms with Crippen LogP contribution in [0.1, 0.15) is 24.5 Å². The third-order valence-corrected chi connectivity index (χ3v) is 3.09. The van der Waals surface area contributed by atoms with Crippen LogP contribution >= 0.6 is 0 Å². The van der Waals surface area contributed by atoms with Gasteiger partial charge in [-0.3, -0.25) is 4.79 Å². The molecule has 0 saturated heterocycles. The van der Waals surface area contributed by atoms with Crippen molar-refractivity contribution in [3.63, 3.8) is 0 Å². The van der Waals surface area contributed by atoms with Crippen LogP contribution in [0.25, 0.3) is 0 Å². The Labute approximate surface area is 126 Å². The number of hydrogen-bond donors (Lipinski definition) is 1. The maximum Gasteiger partial charge on any atom is 0.224 e. The van der Waals surface area contributed by atoms with Crippen molar-refractivity contribution in [2.45, 2.75) is 26.3 Å². The molecule has 0 heterocycles. The standard InChI is InChI=1S/C18H21NO2/c1-2-12-21-17-10-8-16(9-11-17)14-19-18(20)13-15-6-4-3-5-7-15/h3-11H,2,12-14H2,1H3,(H,19,20). The largest absolute Gasteiger partial charge is 0.494 e. The molecule has 0 saturated carbocycles. The molecule has 2 rings (SSSR count). The lowest BCUT2D eigenvalue weighted by atomic mass is 10.1. The molecule has 0 unspecified atom stereocenters. The van der Waals surface area contributed by atoms with Crippen LogP contribution in [-0.4, -0.2) is 12.5 Å². The Balaban J connectivity index is 1.78. The molecule has 110 valence electrons. The molecular formula is C18H21NO2. The molecule has 0 fully saturated rings. The number of carbonyl (C=O) groups is 1. The molecule has 0 aliphatic heterocycles. The van der Waals surface area contributed by atoms with Gasteiger partial charge in [-0.1, -0.05) is 49.4 Å². The van der Waals surface area contributed by atoms with Crippen molar-refractivity contribution in [3.8, 4) is 5.75 Å². The lowest BCUT2D eigenvalue weighted by Gasteiger charge is -2.07. The smallest absolute Gasteiger partial charge is 0.224 e. The Morgan fingerprint density at radius 3 is 2.38 bits per heavy atom.